The molecule has 0 spiro atoms. The Morgan fingerprint density at radius 2 is 1.94 bits per heavy atom. The molecule has 8 heteroatoms. The zero-order chi connectivity index (χ0) is 24.0. The van der Waals surface area contributed by atoms with Crippen LogP contribution in [0.3, 0.4) is 0 Å². The zero-order valence-corrected chi connectivity index (χ0v) is 20.2. The smallest absolute Gasteiger partial charge is 0.137 e. The highest BCUT2D eigenvalue weighted by atomic mass is 35.5. The Morgan fingerprint density at radius 3 is 2.71 bits per heavy atom. The van der Waals surface area contributed by atoms with Crippen molar-refractivity contribution in [2.45, 2.75) is 44.6 Å². The summed E-state index contributed by atoms with van der Waals surface area (Å²) in [4.78, 5) is 2.13. The number of hydrogen-bond acceptors (Lipinski definition) is 6. The molecule has 0 unspecified atom stereocenters. The van der Waals surface area contributed by atoms with Crippen LogP contribution >= 0.6 is 11.6 Å². The van der Waals surface area contributed by atoms with Crippen LogP contribution in [-0.4, -0.2) is 62.9 Å². The van der Waals surface area contributed by atoms with Crippen LogP contribution in [0.25, 0.3) is 0 Å². The van der Waals surface area contributed by atoms with E-state index >= 15 is 0 Å². The van der Waals surface area contributed by atoms with E-state index in [9.17, 15) is 10.2 Å². The molecule has 4 rings (SSSR count). The van der Waals surface area contributed by atoms with Crippen molar-refractivity contribution in [2.24, 2.45) is 0 Å². The Balaban J connectivity index is 1.28. The molecule has 0 radical (unpaired) electrons. The molecule has 1 saturated heterocycles. The fraction of sp³-hybridized carbons (Fsp3) is 0.423. The number of aryl methyl sites for hydroxylation is 2. The summed E-state index contributed by atoms with van der Waals surface area (Å²) >= 11 is 6.01. The van der Waals surface area contributed by atoms with Gasteiger partial charge >= 0.3 is 0 Å². The SMILES string of the molecule is Cc1cnn(CCCOc2cccc(CN3CC[C@H](O)[C@@](O)(COc4cccc(Cl)c4)C3)c2)c1. The number of rotatable bonds is 10. The van der Waals surface area contributed by atoms with Gasteiger partial charge in [-0.15, -0.1) is 0 Å². The molecule has 182 valence electrons. The first-order chi connectivity index (χ1) is 16.4. The molecule has 7 nitrogen and oxygen atoms in total. The molecule has 3 aromatic rings. The van der Waals surface area contributed by atoms with E-state index in [2.05, 4.69) is 10.00 Å². The minimum atomic E-state index is -1.36. The lowest BCUT2D eigenvalue weighted by atomic mass is 9.90. The third-order valence-electron chi connectivity index (χ3n) is 5.99. The van der Waals surface area contributed by atoms with Crippen molar-refractivity contribution in [3.63, 3.8) is 0 Å². The van der Waals surface area contributed by atoms with Crippen LogP contribution in [0.5, 0.6) is 11.5 Å². The van der Waals surface area contributed by atoms with Gasteiger partial charge in [0.05, 0.1) is 18.9 Å². The number of ether oxygens (including phenoxy) is 2. The van der Waals surface area contributed by atoms with Crippen LogP contribution < -0.4 is 9.47 Å². The minimum Gasteiger partial charge on any atom is -0.494 e. The number of hydrogen-bond donors (Lipinski definition) is 2. The Morgan fingerprint density at radius 1 is 1.15 bits per heavy atom. The van der Waals surface area contributed by atoms with Crippen LogP contribution in [-0.2, 0) is 13.1 Å². The van der Waals surface area contributed by atoms with Gasteiger partial charge < -0.3 is 19.7 Å². The van der Waals surface area contributed by atoms with Crippen LogP contribution in [0, 0.1) is 6.92 Å². The van der Waals surface area contributed by atoms with Gasteiger partial charge in [0.15, 0.2) is 0 Å². The molecule has 0 bridgehead atoms. The third kappa shape index (κ3) is 6.73. The maximum absolute atomic E-state index is 11.1. The molecule has 1 aromatic heterocycles. The van der Waals surface area contributed by atoms with Gasteiger partial charge in [-0.1, -0.05) is 29.8 Å². The summed E-state index contributed by atoms with van der Waals surface area (Å²) < 4.78 is 13.6. The largest absolute Gasteiger partial charge is 0.494 e. The number of benzene rings is 2. The summed E-state index contributed by atoms with van der Waals surface area (Å²) in [6.07, 6.45) is 4.37. The quantitative estimate of drug-likeness (QED) is 0.426. The first kappa shape index (κ1) is 24.5. The van der Waals surface area contributed by atoms with Crippen molar-refractivity contribution < 1.29 is 19.7 Å². The molecule has 0 amide bonds. The highest BCUT2D eigenvalue weighted by molar-refractivity contribution is 6.30. The maximum Gasteiger partial charge on any atom is 0.137 e. The molecular weight excluding hydrogens is 454 g/mol. The predicted molar refractivity (Wildman–Crippen MR) is 131 cm³/mol. The second-order valence-corrected chi connectivity index (χ2v) is 9.43. The van der Waals surface area contributed by atoms with Crippen LogP contribution in [0.2, 0.25) is 5.02 Å². The molecule has 0 saturated carbocycles. The molecule has 1 aliphatic heterocycles. The lowest BCUT2D eigenvalue weighted by Gasteiger charge is -2.42. The first-order valence-electron chi connectivity index (χ1n) is 11.6. The molecule has 0 aliphatic carbocycles. The summed E-state index contributed by atoms with van der Waals surface area (Å²) in [5.41, 5.74) is 0.885. The number of aromatic nitrogens is 2. The summed E-state index contributed by atoms with van der Waals surface area (Å²) in [5, 5.41) is 26.5. The van der Waals surface area contributed by atoms with Crippen molar-refractivity contribution in [1.29, 1.82) is 0 Å². The molecule has 2 aromatic carbocycles. The number of nitrogens with zero attached hydrogens (tertiary/aromatic N) is 3. The van der Waals surface area contributed by atoms with Crippen molar-refractivity contribution in [1.82, 2.24) is 14.7 Å². The van der Waals surface area contributed by atoms with Gasteiger partial charge in [0, 0.05) is 43.8 Å². The summed E-state index contributed by atoms with van der Waals surface area (Å²) in [6, 6.07) is 15.0. The van der Waals surface area contributed by atoms with Gasteiger partial charge in [-0.3, -0.25) is 9.58 Å². The van der Waals surface area contributed by atoms with Gasteiger partial charge in [-0.05, 0) is 54.8 Å². The van der Waals surface area contributed by atoms with E-state index in [0.717, 1.165) is 29.8 Å². The second-order valence-electron chi connectivity index (χ2n) is 8.99. The van der Waals surface area contributed by atoms with Gasteiger partial charge in [0.1, 0.15) is 23.7 Å². The second kappa shape index (κ2) is 11.2. The van der Waals surface area contributed by atoms with Crippen molar-refractivity contribution in [3.05, 3.63) is 77.1 Å². The topological polar surface area (TPSA) is 80.0 Å². The monoisotopic (exact) mass is 485 g/mol. The molecule has 1 aliphatic rings. The van der Waals surface area contributed by atoms with Crippen molar-refractivity contribution in [3.8, 4) is 11.5 Å². The number of likely N-dealkylation sites (tertiary alicyclic amines) is 1. The number of β-amino-alcohol motifs (C(OH)–C–C–N with tert-alkyl or cyclic N) is 1. The minimum absolute atomic E-state index is 0.00998. The average molecular weight is 486 g/mol. The summed E-state index contributed by atoms with van der Waals surface area (Å²) in [7, 11) is 0. The van der Waals surface area contributed by atoms with Crippen LogP contribution in [0.15, 0.2) is 60.9 Å². The normalized spacial score (nSPS) is 20.9. The fourth-order valence-corrected chi connectivity index (χ4v) is 4.36. The van der Waals surface area contributed by atoms with Crippen LogP contribution in [0.1, 0.15) is 24.0 Å². The lowest BCUT2D eigenvalue weighted by molar-refractivity contribution is -0.140. The molecule has 34 heavy (non-hydrogen) atoms. The number of halogens is 1. The standard InChI is InChI=1S/C26H32ClN3O4/c1-20-15-28-30(16-20)10-4-12-33-23-7-2-5-21(13-23)17-29-11-9-25(31)26(32,18-29)19-34-24-8-3-6-22(27)14-24/h2-3,5-8,13-16,25,31-32H,4,9-12,17-19H2,1H3/t25-,26-/m0/s1. The van der Waals surface area contributed by atoms with Gasteiger partial charge in [0.2, 0.25) is 0 Å². The number of aliphatic hydroxyl groups excluding tert-OH is 1. The van der Waals surface area contributed by atoms with E-state index in [4.69, 9.17) is 21.1 Å². The van der Waals surface area contributed by atoms with E-state index in [0.29, 0.717) is 43.4 Å². The Labute approximate surface area is 205 Å². The first-order valence-corrected chi connectivity index (χ1v) is 12.0. The van der Waals surface area contributed by atoms with E-state index in [1.54, 1.807) is 24.3 Å². The number of piperidine rings is 1. The van der Waals surface area contributed by atoms with Crippen molar-refractivity contribution >= 4 is 11.6 Å². The zero-order valence-electron chi connectivity index (χ0n) is 19.4. The van der Waals surface area contributed by atoms with E-state index < -0.39 is 11.7 Å². The van der Waals surface area contributed by atoms with E-state index in [1.807, 2.05) is 48.3 Å². The molecule has 2 atom stereocenters. The number of aliphatic hydroxyl groups is 2. The van der Waals surface area contributed by atoms with E-state index in [1.165, 1.54) is 0 Å². The highest BCUT2D eigenvalue weighted by Crippen LogP contribution is 2.26. The predicted octanol–water partition coefficient (Wildman–Crippen LogP) is 3.69. The fourth-order valence-electron chi connectivity index (χ4n) is 4.18. The van der Waals surface area contributed by atoms with Gasteiger partial charge in [-0.2, -0.15) is 5.10 Å². The van der Waals surface area contributed by atoms with Gasteiger partial charge in [0.25, 0.3) is 0 Å². The van der Waals surface area contributed by atoms with Gasteiger partial charge in [-0.25, -0.2) is 0 Å². The Hall–Kier alpha value is -2.58. The lowest BCUT2D eigenvalue weighted by Crippen LogP contribution is -2.59. The highest BCUT2D eigenvalue weighted by Gasteiger charge is 2.42. The molecule has 1 fully saturated rings. The Kier molecular flexibility index (Phi) is 8.11. The van der Waals surface area contributed by atoms with Crippen LogP contribution in [0.4, 0.5) is 0 Å². The molecular formula is C26H32ClN3O4. The third-order valence-corrected chi connectivity index (χ3v) is 6.22. The molecule has 2 N–H and O–H groups in total. The maximum atomic E-state index is 11.1. The average Bonchev–Trinajstić information content (AvgIpc) is 3.23. The summed E-state index contributed by atoms with van der Waals surface area (Å²) in [5.74, 6) is 1.39. The Bertz CT molecular complexity index is 1080. The molecule has 2 heterocycles. The van der Waals surface area contributed by atoms with E-state index in [-0.39, 0.29) is 6.61 Å². The summed E-state index contributed by atoms with van der Waals surface area (Å²) in [6.45, 7) is 5.10. The van der Waals surface area contributed by atoms with Crippen molar-refractivity contribution in [2.75, 3.05) is 26.3 Å².